The Morgan fingerprint density at radius 1 is 1.24 bits per heavy atom. The summed E-state index contributed by atoms with van der Waals surface area (Å²) in [4.78, 5) is 29.0. The van der Waals surface area contributed by atoms with Crippen LogP contribution in [0.15, 0.2) is 30.5 Å². The lowest BCUT2D eigenvalue weighted by molar-refractivity contribution is -0.142. The van der Waals surface area contributed by atoms with Crippen molar-refractivity contribution in [2.24, 2.45) is 11.8 Å². The van der Waals surface area contributed by atoms with Gasteiger partial charge in [0.25, 0.3) is 5.91 Å². The molecule has 1 aromatic heterocycles. The fourth-order valence-electron chi connectivity index (χ4n) is 3.23. The largest absolute Gasteiger partial charge is 0.481 e. The first-order valence-electron chi connectivity index (χ1n) is 7.67. The Morgan fingerprint density at radius 3 is 2.52 bits per heavy atom. The Kier molecular flexibility index (Phi) is 4.14. The summed E-state index contributed by atoms with van der Waals surface area (Å²) < 4.78 is 40.8. The fraction of sp³-hybridized carbons (Fsp3) is 0.353. The molecule has 0 spiro atoms. The molecule has 0 radical (unpaired) electrons. The number of carboxylic acid groups (broad SMARTS) is 1. The number of aliphatic carboxylic acids is 1. The van der Waals surface area contributed by atoms with Gasteiger partial charge in [0.1, 0.15) is 0 Å². The number of alkyl halides is 3. The SMILES string of the molecule is C[C@@H]1CN(C(=O)c2cnc3ccccc3c2C(F)(F)F)C[C@H]1C(=O)O. The summed E-state index contributed by atoms with van der Waals surface area (Å²) in [6.45, 7) is 1.65. The number of hydrogen-bond donors (Lipinski definition) is 1. The van der Waals surface area contributed by atoms with Crippen LogP contribution in [-0.2, 0) is 11.0 Å². The number of likely N-dealkylation sites (tertiary alicyclic amines) is 1. The average Bonchev–Trinajstić information content (AvgIpc) is 2.94. The van der Waals surface area contributed by atoms with Gasteiger partial charge in [-0.3, -0.25) is 14.6 Å². The lowest BCUT2D eigenvalue weighted by atomic mass is 9.99. The number of rotatable bonds is 2. The van der Waals surface area contributed by atoms with Gasteiger partial charge in [0.2, 0.25) is 0 Å². The predicted molar refractivity (Wildman–Crippen MR) is 82.9 cm³/mol. The highest BCUT2D eigenvalue weighted by Gasteiger charge is 2.42. The van der Waals surface area contributed by atoms with Crippen LogP contribution >= 0.6 is 0 Å². The van der Waals surface area contributed by atoms with E-state index in [0.29, 0.717) is 0 Å². The molecule has 2 aromatic rings. The minimum absolute atomic E-state index is 0.0971. The van der Waals surface area contributed by atoms with Crippen LogP contribution in [0.4, 0.5) is 13.2 Å². The topological polar surface area (TPSA) is 70.5 Å². The van der Waals surface area contributed by atoms with Gasteiger partial charge in [0, 0.05) is 24.7 Å². The highest BCUT2D eigenvalue weighted by Crippen LogP contribution is 2.38. The second kappa shape index (κ2) is 6.02. The van der Waals surface area contributed by atoms with Gasteiger partial charge in [-0.2, -0.15) is 13.2 Å². The molecule has 25 heavy (non-hydrogen) atoms. The molecule has 1 aromatic carbocycles. The first-order valence-corrected chi connectivity index (χ1v) is 7.67. The zero-order valence-corrected chi connectivity index (χ0v) is 13.2. The first kappa shape index (κ1) is 17.2. The third kappa shape index (κ3) is 3.04. The number of pyridine rings is 1. The van der Waals surface area contributed by atoms with Crippen molar-refractivity contribution < 1.29 is 27.9 Å². The summed E-state index contributed by atoms with van der Waals surface area (Å²) in [5, 5.41) is 9.00. The molecule has 2 atom stereocenters. The summed E-state index contributed by atoms with van der Waals surface area (Å²) in [5.41, 5.74) is -1.44. The van der Waals surface area contributed by atoms with Gasteiger partial charge in [-0.25, -0.2) is 0 Å². The number of fused-ring (bicyclic) bond motifs is 1. The van der Waals surface area contributed by atoms with Crippen molar-refractivity contribution in [1.82, 2.24) is 9.88 Å². The number of hydrogen-bond acceptors (Lipinski definition) is 3. The van der Waals surface area contributed by atoms with Gasteiger partial charge in [-0.1, -0.05) is 25.1 Å². The number of carbonyl (C=O) groups excluding carboxylic acids is 1. The minimum Gasteiger partial charge on any atom is -0.481 e. The molecule has 132 valence electrons. The zero-order chi connectivity index (χ0) is 18.4. The molecule has 3 rings (SSSR count). The van der Waals surface area contributed by atoms with E-state index in [0.717, 1.165) is 11.1 Å². The second-order valence-electron chi connectivity index (χ2n) is 6.19. The molecule has 5 nitrogen and oxygen atoms in total. The van der Waals surface area contributed by atoms with Gasteiger partial charge >= 0.3 is 12.1 Å². The van der Waals surface area contributed by atoms with Crippen LogP contribution in [-0.4, -0.2) is 40.0 Å². The van der Waals surface area contributed by atoms with Crippen LogP contribution in [0.3, 0.4) is 0 Å². The first-order chi connectivity index (χ1) is 11.7. The standard InChI is InChI=1S/C17H15F3N2O3/c1-9-7-22(8-12(9)16(24)25)15(23)11-6-21-13-5-3-2-4-10(13)14(11)17(18,19)20/h2-6,9,12H,7-8H2,1H3,(H,24,25)/t9-,12-/m1/s1. The van der Waals surface area contributed by atoms with E-state index in [1.54, 1.807) is 13.0 Å². The number of aromatic nitrogens is 1. The van der Waals surface area contributed by atoms with E-state index in [2.05, 4.69) is 4.98 Å². The molecule has 1 fully saturated rings. The number of carboxylic acids is 1. The molecule has 0 saturated carbocycles. The van der Waals surface area contributed by atoms with Gasteiger partial charge in [-0.15, -0.1) is 0 Å². The summed E-state index contributed by atoms with van der Waals surface area (Å²) in [6.07, 6.45) is -3.81. The maximum absolute atomic E-state index is 13.6. The predicted octanol–water partition coefficient (Wildman–Crippen LogP) is 3.05. The van der Waals surface area contributed by atoms with Crippen molar-refractivity contribution in [1.29, 1.82) is 0 Å². The maximum Gasteiger partial charge on any atom is 0.417 e. The molecule has 1 amide bonds. The monoisotopic (exact) mass is 352 g/mol. The van der Waals surface area contributed by atoms with Gasteiger partial charge in [0.15, 0.2) is 0 Å². The van der Waals surface area contributed by atoms with Gasteiger partial charge in [0.05, 0.1) is 22.6 Å². The number of carbonyl (C=O) groups is 2. The summed E-state index contributed by atoms with van der Waals surface area (Å²) >= 11 is 0. The smallest absolute Gasteiger partial charge is 0.417 e. The highest BCUT2D eigenvalue weighted by atomic mass is 19.4. The quantitative estimate of drug-likeness (QED) is 0.902. The van der Waals surface area contributed by atoms with E-state index in [1.807, 2.05) is 0 Å². The van der Waals surface area contributed by atoms with Crippen molar-refractivity contribution in [3.8, 4) is 0 Å². The number of nitrogens with zero attached hydrogens (tertiary/aromatic N) is 2. The lowest BCUT2D eigenvalue weighted by Crippen LogP contribution is -2.32. The van der Waals surface area contributed by atoms with Crippen LogP contribution in [0.2, 0.25) is 0 Å². The van der Waals surface area contributed by atoms with Crippen molar-refractivity contribution in [3.05, 3.63) is 41.6 Å². The Morgan fingerprint density at radius 2 is 1.92 bits per heavy atom. The highest BCUT2D eigenvalue weighted by molar-refractivity contribution is 6.00. The van der Waals surface area contributed by atoms with E-state index < -0.39 is 35.1 Å². The molecular weight excluding hydrogens is 337 g/mol. The van der Waals surface area contributed by atoms with Gasteiger partial charge < -0.3 is 10.0 Å². The Labute approximate surface area is 141 Å². The van der Waals surface area contributed by atoms with Crippen LogP contribution in [0.1, 0.15) is 22.8 Å². The Bertz CT molecular complexity index is 851. The van der Waals surface area contributed by atoms with E-state index in [1.165, 1.54) is 18.2 Å². The molecular formula is C17H15F3N2O3. The summed E-state index contributed by atoms with van der Waals surface area (Å²) in [7, 11) is 0. The zero-order valence-electron chi connectivity index (χ0n) is 13.2. The van der Waals surface area contributed by atoms with E-state index in [9.17, 15) is 22.8 Å². The van der Waals surface area contributed by atoms with Crippen molar-refractivity contribution >= 4 is 22.8 Å². The number of para-hydroxylation sites is 1. The molecule has 1 aliphatic heterocycles. The molecule has 0 unspecified atom stereocenters. The van der Waals surface area contributed by atoms with Crippen LogP contribution in [0.5, 0.6) is 0 Å². The van der Waals surface area contributed by atoms with Crippen LogP contribution in [0.25, 0.3) is 10.9 Å². The second-order valence-corrected chi connectivity index (χ2v) is 6.19. The number of halogens is 3. The van der Waals surface area contributed by atoms with Crippen LogP contribution in [0, 0.1) is 11.8 Å². The van der Waals surface area contributed by atoms with Crippen molar-refractivity contribution in [3.63, 3.8) is 0 Å². The molecule has 1 aliphatic rings. The molecule has 1 saturated heterocycles. The summed E-state index contributed by atoms with van der Waals surface area (Å²) in [6, 6.07) is 5.73. The molecule has 0 aliphatic carbocycles. The molecule has 2 heterocycles. The normalized spacial score (nSPS) is 20.9. The van der Waals surface area contributed by atoms with Crippen molar-refractivity contribution in [2.45, 2.75) is 13.1 Å². The Hall–Kier alpha value is -2.64. The van der Waals surface area contributed by atoms with E-state index in [-0.39, 0.29) is 29.9 Å². The number of amides is 1. The number of benzene rings is 1. The van der Waals surface area contributed by atoms with Crippen LogP contribution < -0.4 is 0 Å². The lowest BCUT2D eigenvalue weighted by Gasteiger charge is -2.20. The average molecular weight is 352 g/mol. The molecule has 1 N–H and O–H groups in total. The van der Waals surface area contributed by atoms with E-state index in [4.69, 9.17) is 5.11 Å². The molecule has 0 bridgehead atoms. The van der Waals surface area contributed by atoms with Gasteiger partial charge in [-0.05, 0) is 12.0 Å². The van der Waals surface area contributed by atoms with Crippen molar-refractivity contribution in [2.75, 3.05) is 13.1 Å². The van der Waals surface area contributed by atoms with E-state index >= 15 is 0 Å². The third-order valence-electron chi connectivity index (χ3n) is 4.51. The Balaban J connectivity index is 2.07. The fourth-order valence-corrected chi connectivity index (χ4v) is 3.23. The summed E-state index contributed by atoms with van der Waals surface area (Å²) in [5.74, 6) is -3.02. The minimum atomic E-state index is -4.73. The molecule has 8 heteroatoms. The maximum atomic E-state index is 13.6. The third-order valence-corrected chi connectivity index (χ3v) is 4.51.